The molecule has 1 saturated heterocycles. The first-order valence-electron chi connectivity index (χ1n) is 7.34. The average Bonchev–Trinajstić information content (AvgIpc) is 2.55. The number of halogens is 2. The molecule has 1 fully saturated rings. The first-order chi connectivity index (χ1) is 11.1. The van der Waals surface area contributed by atoms with E-state index in [0.29, 0.717) is 5.02 Å². The van der Waals surface area contributed by atoms with Crippen LogP contribution >= 0.6 is 51.5 Å². The van der Waals surface area contributed by atoms with Crippen molar-refractivity contribution >= 4 is 62.3 Å². The summed E-state index contributed by atoms with van der Waals surface area (Å²) in [7, 11) is 0. The van der Waals surface area contributed by atoms with Crippen LogP contribution in [0.4, 0.5) is 5.69 Å². The molecule has 0 radical (unpaired) electrons. The molecule has 1 heterocycles. The quantitative estimate of drug-likeness (QED) is 0.596. The monoisotopic (exact) mass is 426 g/mol. The molecule has 3 rings (SSSR count). The van der Waals surface area contributed by atoms with Gasteiger partial charge < -0.3 is 10.2 Å². The van der Waals surface area contributed by atoms with Crippen molar-refractivity contribution in [2.24, 2.45) is 0 Å². The van der Waals surface area contributed by atoms with Crippen LogP contribution < -0.4 is 5.32 Å². The van der Waals surface area contributed by atoms with Crippen LogP contribution in [0, 0.1) is 0 Å². The Labute approximate surface area is 159 Å². The number of benzene rings is 2. The molecule has 0 aromatic heterocycles. The minimum atomic E-state index is 0.246. The largest absolute Gasteiger partial charge is 0.333 e. The zero-order valence-corrected chi connectivity index (χ0v) is 16.3. The minimum Gasteiger partial charge on any atom is -0.333 e. The third-order valence-corrected chi connectivity index (χ3v) is 6.06. The second-order valence-corrected chi connectivity index (χ2v) is 8.19. The SMILES string of the molecule is S=C(Nc1cccc(Cl)c1)N1CCCSC1c1ccc(Br)cc1. The zero-order valence-electron chi connectivity index (χ0n) is 12.3. The number of thiocarbonyl (C=S) groups is 1. The summed E-state index contributed by atoms with van der Waals surface area (Å²) >= 11 is 17.1. The van der Waals surface area contributed by atoms with Gasteiger partial charge in [0.25, 0.3) is 0 Å². The van der Waals surface area contributed by atoms with Crippen molar-refractivity contribution in [1.29, 1.82) is 0 Å². The highest BCUT2D eigenvalue weighted by Gasteiger charge is 2.26. The molecule has 1 aliphatic heterocycles. The molecule has 6 heteroatoms. The molecule has 1 N–H and O–H groups in total. The molecule has 23 heavy (non-hydrogen) atoms. The molecule has 2 nitrogen and oxygen atoms in total. The molecule has 120 valence electrons. The summed E-state index contributed by atoms with van der Waals surface area (Å²) in [4.78, 5) is 2.26. The van der Waals surface area contributed by atoms with E-state index in [1.165, 1.54) is 5.56 Å². The predicted molar refractivity (Wildman–Crippen MR) is 108 cm³/mol. The molecule has 0 aliphatic carbocycles. The lowest BCUT2D eigenvalue weighted by molar-refractivity contribution is 0.396. The van der Waals surface area contributed by atoms with Gasteiger partial charge in [-0.05, 0) is 60.3 Å². The first kappa shape index (κ1) is 17.1. The number of thioether (sulfide) groups is 1. The highest BCUT2D eigenvalue weighted by Crippen LogP contribution is 2.37. The smallest absolute Gasteiger partial charge is 0.174 e. The lowest BCUT2D eigenvalue weighted by Crippen LogP contribution is -2.40. The van der Waals surface area contributed by atoms with Gasteiger partial charge in [-0.25, -0.2) is 0 Å². The molecule has 1 atom stereocenters. The standard InChI is InChI=1S/C17H16BrClN2S2/c18-13-7-5-12(6-8-13)16-21(9-2-10-23-16)17(22)20-15-4-1-3-14(19)11-15/h1,3-8,11,16H,2,9-10H2,(H,20,22). The Hall–Kier alpha value is -0.750. The lowest BCUT2D eigenvalue weighted by Gasteiger charge is -2.37. The van der Waals surface area contributed by atoms with E-state index in [-0.39, 0.29) is 5.37 Å². The van der Waals surface area contributed by atoms with Gasteiger partial charge in [-0.2, -0.15) is 0 Å². The molecule has 2 aromatic carbocycles. The number of hydrogen-bond donors (Lipinski definition) is 1. The number of nitrogens with zero attached hydrogens (tertiary/aromatic N) is 1. The van der Waals surface area contributed by atoms with Gasteiger partial charge >= 0.3 is 0 Å². The summed E-state index contributed by atoms with van der Waals surface area (Å²) < 4.78 is 1.09. The normalized spacial score (nSPS) is 17.8. The van der Waals surface area contributed by atoms with Crippen molar-refractivity contribution in [3.63, 3.8) is 0 Å². The maximum Gasteiger partial charge on any atom is 0.174 e. The summed E-state index contributed by atoms with van der Waals surface area (Å²) in [6.45, 7) is 0.958. The Morgan fingerprint density at radius 1 is 1.26 bits per heavy atom. The van der Waals surface area contributed by atoms with E-state index in [9.17, 15) is 0 Å². The fourth-order valence-electron chi connectivity index (χ4n) is 2.51. The number of nitrogens with one attached hydrogen (secondary N) is 1. The topological polar surface area (TPSA) is 15.3 Å². The summed E-state index contributed by atoms with van der Waals surface area (Å²) in [5.41, 5.74) is 2.20. The number of anilines is 1. The van der Waals surface area contributed by atoms with Gasteiger partial charge in [-0.15, -0.1) is 11.8 Å². The maximum atomic E-state index is 6.05. The second kappa shape index (κ2) is 7.88. The zero-order chi connectivity index (χ0) is 16.2. The van der Waals surface area contributed by atoms with E-state index in [0.717, 1.165) is 34.0 Å². The molecule has 1 unspecified atom stereocenters. The van der Waals surface area contributed by atoms with Crippen LogP contribution in [0.2, 0.25) is 5.02 Å². The van der Waals surface area contributed by atoms with E-state index in [1.54, 1.807) is 0 Å². The van der Waals surface area contributed by atoms with E-state index >= 15 is 0 Å². The van der Waals surface area contributed by atoms with Crippen molar-refractivity contribution in [1.82, 2.24) is 4.90 Å². The van der Waals surface area contributed by atoms with Gasteiger partial charge in [0.05, 0.1) is 0 Å². The summed E-state index contributed by atoms with van der Waals surface area (Å²) in [5.74, 6) is 1.15. The van der Waals surface area contributed by atoms with Crippen LogP contribution in [-0.4, -0.2) is 22.3 Å². The average molecular weight is 428 g/mol. The van der Waals surface area contributed by atoms with Gasteiger partial charge in [0.1, 0.15) is 5.37 Å². The molecule has 0 spiro atoms. The highest BCUT2D eigenvalue weighted by atomic mass is 79.9. The summed E-state index contributed by atoms with van der Waals surface area (Å²) in [6, 6.07) is 16.1. The van der Waals surface area contributed by atoms with Gasteiger partial charge in [-0.1, -0.05) is 45.7 Å². The van der Waals surface area contributed by atoms with Crippen LogP contribution in [0.15, 0.2) is 53.0 Å². The molecular formula is C17H16BrClN2S2. The van der Waals surface area contributed by atoms with Crippen LogP contribution in [0.1, 0.15) is 17.4 Å². The van der Waals surface area contributed by atoms with Gasteiger partial charge in [0, 0.05) is 21.7 Å². The van der Waals surface area contributed by atoms with Crippen molar-refractivity contribution in [2.75, 3.05) is 17.6 Å². The van der Waals surface area contributed by atoms with Crippen LogP contribution in [0.3, 0.4) is 0 Å². The Bertz CT molecular complexity index is 693. The Balaban J connectivity index is 1.77. The number of hydrogen-bond acceptors (Lipinski definition) is 2. The van der Waals surface area contributed by atoms with Crippen LogP contribution in [0.25, 0.3) is 0 Å². The summed E-state index contributed by atoms with van der Waals surface area (Å²) in [6.07, 6.45) is 1.13. The first-order valence-corrected chi connectivity index (χ1v) is 9.96. The predicted octanol–water partition coefficient (Wildman–Crippen LogP) is 5.94. The number of rotatable bonds is 2. The van der Waals surface area contributed by atoms with Crippen molar-refractivity contribution in [3.05, 3.63) is 63.6 Å². The summed E-state index contributed by atoms with van der Waals surface area (Å²) in [5, 5.41) is 5.01. The fraction of sp³-hybridized carbons (Fsp3) is 0.235. The van der Waals surface area contributed by atoms with Crippen molar-refractivity contribution < 1.29 is 0 Å². The third-order valence-electron chi connectivity index (χ3n) is 3.59. The fourth-order valence-corrected chi connectivity index (χ4v) is 4.61. The third kappa shape index (κ3) is 4.41. The van der Waals surface area contributed by atoms with Crippen LogP contribution in [0.5, 0.6) is 0 Å². The molecule has 0 amide bonds. The molecule has 1 aliphatic rings. The maximum absolute atomic E-state index is 6.05. The van der Waals surface area contributed by atoms with E-state index in [1.807, 2.05) is 36.0 Å². The Morgan fingerprint density at radius 2 is 2.04 bits per heavy atom. The molecular weight excluding hydrogens is 412 g/mol. The van der Waals surface area contributed by atoms with Gasteiger partial charge in [-0.3, -0.25) is 0 Å². The highest BCUT2D eigenvalue weighted by molar-refractivity contribution is 9.10. The minimum absolute atomic E-state index is 0.246. The Morgan fingerprint density at radius 3 is 2.78 bits per heavy atom. The van der Waals surface area contributed by atoms with Crippen molar-refractivity contribution in [2.45, 2.75) is 11.8 Å². The van der Waals surface area contributed by atoms with Crippen LogP contribution in [-0.2, 0) is 0 Å². The van der Waals surface area contributed by atoms with E-state index in [2.05, 4.69) is 50.4 Å². The van der Waals surface area contributed by atoms with Gasteiger partial charge in [0.15, 0.2) is 5.11 Å². The lowest BCUT2D eigenvalue weighted by atomic mass is 10.2. The Kier molecular flexibility index (Phi) is 5.85. The second-order valence-electron chi connectivity index (χ2n) is 5.26. The van der Waals surface area contributed by atoms with E-state index in [4.69, 9.17) is 23.8 Å². The molecule has 2 aromatic rings. The van der Waals surface area contributed by atoms with Gasteiger partial charge in [0.2, 0.25) is 0 Å². The molecule has 0 saturated carbocycles. The van der Waals surface area contributed by atoms with Crippen molar-refractivity contribution in [3.8, 4) is 0 Å². The van der Waals surface area contributed by atoms with E-state index < -0.39 is 0 Å². The molecule has 0 bridgehead atoms.